The Morgan fingerprint density at radius 2 is 1.91 bits per heavy atom. The summed E-state index contributed by atoms with van der Waals surface area (Å²) in [6.45, 7) is 4.23. The number of aromatic nitrogens is 4. The van der Waals surface area contributed by atoms with Crippen LogP contribution in [-0.2, 0) is 18.3 Å². The molecule has 0 saturated carbocycles. The van der Waals surface area contributed by atoms with Gasteiger partial charge in [0.05, 0.1) is 18.6 Å². The first-order chi connectivity index (χ1) is 15.5. The van der Waals surface area contributed by atoms with Crippen molar-refractivity contribution >= 4 is 34.1 Å². The summed E-state index contributed by atoms with van der Waals surface area (Å²) < 4.78 is 7.20. The lowest BCUT2D eigenvalue weighted by atomic mass is 10.1. The number of nitrogens with zero attached hydrogens (tertiary/aromatic N) is 4. The molecule has 2 heterocycles. The number of carbonyl (C=O) groups excluding carboxylic acids is 1. The van der Waals surface area contributed by atoms with E-state index in [0.717, 1.165) is 45.7 Å². The standard InChI is InChI=1S/C23H31N5O2S2/c1-5-6-7-8-9-10-19-26-27-23(28(19)3)31-15-20(29)24-22-25-21(16(2)32-22)17-11-13-18(30-4)14-12-17/h11-14H,5-10,15H2,1-4H3,(H,24,25,29). The molecule has 0 aliphatic rings. The van der Waals surface area contributed by atoms with E-state index in [1.165, 1.54) is 48.8 Å². The van der Waals surface area contributed by atoms with Crippen LogP contribution in [0, 0.1) is 6.92 Å². The summed E-state index contributed by atoms with van der Waals surface area (Å²) in [4.78, 5) is 18.1. The Labute approximate surface area is 198 Å². The third-order valence-corrected chi connectivity index (χ3v) is 7.07. The molecular weight excluding hydrogens is 442 g/mol. The van der Waals surface area contributed by atoms with E-state index < -0.39 is 0 Å². The minimum Gasteiger partial charge on any atom is -0.497 e. The summed E-state index contributed by atoms with van der Waals surface area (Å²) in [5.41, 5.74) is 1.87. The maximum absolute atomic E-state index is 12.5. The van der Waals surface area contributed by atoms with Crippen molar-refractivity contribution < 1.29 is 9.53 Å². The second-order valence-corrected chi connectivity index (χ2v) is 9.76. The molecule has 1 N–H and O–H groups in total. The zero-order chi connectivity index (χ0) is 22.9. The van der Waals surface area contributed by atoms with Crippen molar-refractivity contribution in [1.29, 1.82) is 0 Å². The van der Waals surface area contributed by atoms with Crippen molar-refractivity contribution in [3.8, 4) is 17.0 Å². The lowest BCUT2D eigenvalue weighted by Gasteiger charge is -2.04. The van der Waals surface area contributed by atoms with Crippen LogP contribution < -0.4 is 10.1 Å². The Kier molecular flexibility index (Phi) is 9.11. The van der Waals surface area contributed by atoms with Crippen LogP contribution in [-0.4, -0.2) is 38.5 Å². The molecule has 0 aliphatic heterocycles. The molecule has 2 aromatic heterocycles. The van der Waals surface area contributed by atoms with Gasteiger partial charge in [0.15, 0.2) is 10.3 Å². The highest BCUT2D eigenvalue weighted by Gasteiger charge is 2.15. The molecule has 9 heteroatoms. The first-order valence-corrected chi connectivity index (χ1v) is 12.7. The van der Waals surface area contributed by atoms with Gasteiger partial charge in [0.25, 0.3) is 0 Å². The van der Waals surface area contributed by atoms with Gasteiger partial charge in [0.2, 0.25) is 5.91 Å². The van der Waals surface area contributed by atoms with E-state index in [-0.39, 0.29) is 11.7 Å². The molecule has 0 aliphatic carbocycles. The van der Waals surface area contributed by atoms with Crippen LogP contribution in [0.4, 0.5) is 5.13 Å². The number of nitrogens with one attached hydrogen (secondary N) is 1. The highest BCUT2D eigenvalue weighted by atomic mass is 32.2. The van der Waals surface area contributed by atoms with Crippen LogP contribution in [0.15, 0.2) is 29.4 Å². The van der Waals surface area contributed by atoms with Gasteiger partial charge in [0, 0.05) is 23.9 Å². The monoisotopic (exact) mass is 473 g/mol. The zero-order valence-electron chi connectivity index (χ0n) is 19.2. The molecule has 0 radical (unpaired) electrons. The fourth-order valence-corrected chi connectivity index (χ4v) is 4.91. The van der Waals surface area contributed by atoms with Crippen LogP contribution >= 0.6 is 23.1 Å². The first-order valence-electron chi connectivity index (χ1n) is 10.9. The van der Waals surface area contributed by atoms with Crippen molar-refractivity contribution in [2.45, 2.75) is 57.5 Å². The molecule has 1 aromatic carbocycles. The Morgan fingerprint density at radius 3 is 2.62 bits per heavy atom. The number of ether oxygens (including phenoxy) is 1. The molecule has 3 rings (SSSR count). The Hall–Kier alpha value is -2.39. The number of rotatable bonds is 12. The highest BCUT2D eigenvalue weighted by Crippen LogP contribution is 2.31. The second-order valence-electron chi connectivity index (χ2n) is 7.61. The molecule has 0 fully saturated rings. The first kappa shape index (κ1) is 24.3. The maximum atomic E-state index is 12.5. The van der Waals surface area contributed by atoms with Gasteiger partial charge in [-0.1, -0.05) is 44.4 Å². The van der Waals surface area contributed by atoms with Crippen LogP contribution in [0.3, 0.4) is 0 Å². The predicted octanol–water partition coefficient (Wildman–Crippen LogP) is 5.50. The molecule has 0 saturated heterocycles. The molecule has 1 amide bonds. The van der Waals surface area contributed by atoms with E-state index in [0.29, 0.717) is 5.13 Å². The number of unbranched alkanes of at least 4 members (excludes halogenated alkanes) is 4. The third kappa shape index (κ3) is 6.56. The Morgan fingerprint density at radius 1 is 1.16 bits per heavy atom. The topological polar surface area (TPSA) is 81.9 Å². The molecule has 0 unspecified atom stereocenters. The van der Waals surface area contributed by atoms with Crippen LogP contribution in [0.5, 0.6) is 5.75 Å². The Bertz CT molecular complexity index is 1010. The smallest absolute Gasteiger partial charge is 0.236 e. The van der Waals surface area contributed by atoms with Crippen molar-refractivity contribution in [2.24, 2.45) is 7.05 Å². The lowest BCUT2D eigenvalue weighted by molar-refractivity contribution is -0.113. The SMILES string of the molecule is CCCCCCCc1nnc(SCC(=O)Nc2nc(-c3ccc(OC)cc3)c(C)s2)n1C. The number of anilines is 1. The minimum absolute atomic E-state index is 0.103. The van der Waals surface area contributed by atoms with Gasteiger partial charge < -0.3 is 14.6 Å². The van der Waals surface area contributed by atoms with E-state index in [2.05, 4.69) is 27.4 Å². The minimum atomic E-state index is -0.103. The third-order valence-electron chi connectivity index (χ3n) is 5.17. The van der Waals surface area contributed by atoms with Crippen molar-refractivity contribution in [3.63, 3.8) is 0 Å². The number of benzene rings is 1. The molecule has 7 nitrogen and oxygen atoms in total. The summed E-state index contributed by atoms with van der Waals surface area (Å²) >= 11 is 2.87. The summed E-state index contributed by atoms with van der Waals surface area (Å²) in [6.07, 6.45) is 7.07. The zero-order valence-corrected chi connectivity index (χ0v) is 20.8. The fraction of sp³-hybridized carbons (Fsp3) is 0.478. The van der Waals surface area contributed by atoms with Gasteiger partial charge in [0.1, 0.15) is 11.6 Å². The molecular formula is C23H31N5O2S2. The van der Waals surface area contributed by atoms with Crippen LogP contribution in [0.1, 0.15) is 49.7 Å². The van der Waals surface area contributed by atoms with Crippen molar-refractivity contribution in [3.05, 3.63) is 35.0 Å². The number of aryl methyl sites for hydroxylation is 2. The van der Waals surface area contributed by atoms with Gasteiger partial charge in [-0.3, -0.25) is 4.79 Å². The lowest BCUT2D eigenvalue weighted by Crippen LogP contribution is -2.14. The molecule has 172 valence electrons. The molecule has 32 heavy (non-hydrogen) atoms. The molecule has 0 atom stereocenters. The molecule has 0 spiro atoms. The number of methoxy groups -OCH3 is 1. The number of hydrogen-bond donors (Lipinski definition) is 1. The number of thioether (sulfide) groups is 1. The highest BCUT2D eigenvalue weighted by molar-refractivity contribution is 7.99. The van der Waals surface area contributed by atoms with Gasteiger partial charge in [-0.05, 0) is 37.6 Å². The van der Waals surface area contributed by atoms with Gasteiger partial charge in [-0.2, -0.15) is 0 Å². The molecule has 0 bridgehead atoms. The number of thiazole rings is 1. The second kappa shape index (κ2) is 12.0. The summed E-state index contributed by atoms with van der Waals surface area (Å²) in [5, 5.41) is 12.8. The average Bonchev–Trinajstić information content (AvgIpc) is 3.34. The Balaban J connectivity index is 1.51. The average molecular weight is 474 g/mol. The number of carbonyl (C=O) groups is 1. The van der Waals surface area contributed by atoms with Crippen molar-refractivity contribution in [2.75, 3.05) is 18.2 Å². The quantitative estimate of drug-likeness (QED) is 0.276. The summed E-state index contributed by atoms with van der Waals surface area (Å²) in [5.74, 6) is 1.94. The normalized spacial score (nSPS) is 11.0. The van der Waals surface area contributed by atoms with Crippen LogP contribution in [0.25, 0.3) is 11.3 Å². The largest absolute Gasteiger partial charge is 0.497 e. The number of hydrogen-bond acceptors (Lipinski definition) is 7. The van der Waals surface area contributed by atoms with Gasteiger partial charge in [-0.25, -0.2) is 4.98 Å². The fourth-order valence-electron chi connectivity index (χ4n) is 3.33. The van der Waals surface area contributed by atoms with E-state index in [1.807, 2.05) is 42.8 Å². The molecule has 3 aromatic rings. The predicted molar refractivity (Wildman–Crippen MR) is 132 cm³/mol. The van der Waals surface area contributed by atoms with E-state index in [9.17, 15) is 4.79 Å². The summed E-state index contributed by atoms with van der Waals surface area (Å²) in [6, 6.07) is 7.75. The van der Waals surface area contributed by atoms with Crippen LogP contribution in [0.2, 0.25) is 0 Å². The van der Waals surface area contributed by atoms with E-state index in [1.54, 1.807) is 7.11 Å². The van der Waals surface area contributed by atoms with E-state index in [4.69, 9.17) is 4.74 Å². The maximum Gasteiger partial charge on any atom is 0.236 e. The number of amides is 1. The van der Waals surface area contributed by atoms with Gasteiger partial charge >= 0.3 is 0 Å². The van der Waals surface area contributed by atoms with Crippen molar-refractivity contribution in [1.82, 2.24) is 19.7 Å². The van der Waals surface area contributed by atoms with E-state index >= 15 is 0 Å². The van der Waals surface area contributed by atoms with Gasteiger partial charge in [-0.15, -0.1) is 21.5 Å². The summed E-state index contributed by atoms with van der Waals surface area (Å²) in [7, 11) is 3.61.